The zero-order chi connectivity index (χ0) is 16.0. The normalized spacial score (nSPS) is 10.5. The Morgan fingerprint density at radius 1 is 1.48 bits per heavy atom. The molecule has 0 heterocycles. The molecule has 7 nitrogen and oxygen atoms in total. The number of benzene rings is 1. The Kier molecular flexibility index (Phi) is 6.10. The van der Waals surface area contributed by atoms with Crippen LogP contribution in [0.3, 0.4) is 0 Å². The van der Waals surface area contributed by atoms with Crippen LogP contribution in [0.25, 0.3) is 0 Å². The third-order valence-corrected chi connectivity index (χ3v) is 3.13. The van der Waals surface area contributed by atoms with Gasteiger partial charge in [0.2, 0.25) is 0 Å². The van der Waals surface area contributed by atoms with Gasteiger partial charge in [0, 0.05) is 44.6 Å². The van der Waals surface area contributed by atoms with Gasteiger partial charge in [-0.2, -0.15) is 0 Å². The third-order valence-electron chi connectivity index (χ3n) is 3.13. The highest BCUT2D eigenvalue weighted by Gasteiger charge is 2.23. The summed E-state index contributed by atoms with van der Waals surface area (Å²) in [6, 6.07) is 4.19. The van der Waals surface area contributed by atoms with Crippen LogP contribution in [-0.2, 0) is 4.74 Å². The maximum Gasteiger partial charge on any atom is 0.270 e. The summed E-state index contributed by atoms with van der Waals surface area (Å²) in [5.74, 6) is -0.255. The number of ether oxygens (including phenoxy) is 1. The van der Waals surface area contributed by atoms with Crippen LogP contribution in [0, 0.1) is 10.1 Å². The Labute approximate surface area is 124 Å². The van der Waals surface area contributed by atoms with Gasteiger partial charge in [-0.05, 0) is 19.9 Å². The van der Waals surface area contributed by atoms with Crippen LogP contribution in [0.15, 0.2) is 18.2 Å². The number of non-ortho nitro benzene ring substituents is 1. The summed E-state index contributed by atoms with van der Waals surface area (Å²) in [7, 11) is 3.24. The number of anilines is 1. The molecule has 0 bridgehead atoms. The van der Waals surface area contributed by atoms with Crippen LogP contribution >= 0.6 is 0 Å². The molecule has 0 atom stereocenters. The van der Waals surface area contributed by atoms with E-state index in [4.69, 9.17) is 4.74 Å². The minimum atomic E-state index is -0.509. The van der Waals surface area contributed by atoms with Gasteiger partial charge < -0.3 is 15.0 Å². The highest BCUT2D eigenvalue weighted by molar-refractivity contribution is 6.00. The minimum absolute atomic E-state index is 0.0309. The van der Waals surface area contributed by atoms with Crippen LogP contribution in [0.5, 0.6) is 0 Å². The molecule has 0 aliphatic rings. The summed E-state index contributed by atoms with van der Waals surface area (Å²) in [5, 5.41) is 13.8. The smallest absolute Gasteiger partial charge is 0.270 e. The van der Waals surface area contributed by atoms with Crippen molar-refractivity contribution in [3.8, 4) is 0 Å². The number of nitrogens with zero attached hydrogens (tertiary/aromatic N) is 2. The van der Waals surface area contributed by atoms with Crippen molar-refractivity contribution in [1.82, 2.24) is 4.90 Å². The fourth-order valence-corrected chi connectivity index (χ4v) is 1.98. The summed E-state index contributed by atoms with van der Waals surface area (Å²) in [6.45, 7) is 4.63. The number of carbonyl (C=O) groups is 1. The number of nitrogens with one attached hydrogen (secondary N) is 1. The molecule has 21 heavy (non-hydrogen) atoms. The Bertz CT molecular complexity index is 517. The molecule has 0 unspecified atom stereocenters. The van der Waals surface area contributed by atoms with Gasteiger partial charge in [-0.15, -0.1) is 0 Å². The van der Waals surface area contributed by atoms with Crippen molar-refractivity contribution in [3.63, 3.8) is 0 Å². The summed E-state index contributed by atoms with van der Waals surface area (Å²) in [4.78, 5) is 24.7. The fraction of sp³-hybridized carbons (Fsp3) is 0.500. The van der Waals surface area contributed by atoms with E-state index in [1.165, 1.54) is 12.1 Å². The Morgan fingerprint density at radius 2 is 2.14 bits per heavy atom. The number of hydrogen-bond acceptors (Lipinski definition) is 5. The molecule has 1 N–H and O–H groups in total. The van der Waals surface area contributed by atoms with E-state index in [2.05, 4.69) is 5.32 Å². The zero-order valence-electron chi connectivity index (χ0n) is 12.8. The fourth-order valence-electron chi connectivity index (χ4n) is 1.98. The molecule has 0 aliphatic heterocycles. The van der Waals surface area contributed by atoms with Crippen molar-refractivity contribution in [2.45, 2.75) is 19.9 Å². The van der Waals surface area contributed by atoms with Gasteiger partial charge >= 0.3 is 0 Å². The second kappa shape index (κ2) is 7.58. The average molecular weight is 295 g/mol. The van der Waals surface area contributed by atoms with Gasteiger partial charge in [-0.25, -0.2) is 0 Å². The molecule has 0 aliphatic carbocycles. The van der Waals surface area contributed by atoms with Crippen LogP contribution in [0.4, 0.5) is 11.4 Å². The Balaban J connectivity index is 3.18. The summed E-state index contributed by atoms with van der Waals surface area (Å²) in [6.07, 6.45) is 0. The topological polar surface area (TPSA) is 84.7 Å². The van der Waals surface area contributed by atoms with E-state index in [0.29, 0.717) is 18.8 Å². The van der Waals surface area contributed by atoms with Crippen molar-refractivity contribution < 1.29 is 14.5 Å². The number of amides is 1. The van der Waals surface area contributed by atoms with Crippen LogP contribution in [0.1, 0.15) is 24.2 Å². The summed E-state index contributed by atoms with van der Waals surface area (Å²) in [5.41, 5.74) is 0.748. The van der Waals surface area contributed by atoms with Crippen LogP contribution < -0.4 is 5.32 Å². The second-order valence-corrected chi connectivity index (χ2v) is 4.82. The van der Waals surface area contributed by atoms with Crippen molar-refractivity contribution >= 4 is 17.3 Å². The lowest BCUT2D eigenvalue weighted by Crippen LogP contribution is -2.39. The number of methoxy groups -OCH3 is 1. The second-order valence-electron chi connectivity index (χ2n) is 4.82. The molecule has 0 radical (unpaired) electrons. The predicted octanol–water partition coefficient (Wildman–Crippen LogP) is 2.13. The van der Waals surface area contributed by atoms with Crippen molar-refractivity contribution in [2.75, 3.05) is 32.6 Å². The SMILES string of the molecule is CNc1ccc([N+](=O)[O-])cc1C(=O)N(CCOC)C(C)C. The first-order valence-electron chi connectivity index (χ1n) is 6.68. The molecular formula is C14H21N3O4. The molecular weight excluding hydrogens is 274 g/mol. The van der Waals surface area contributed by atoms with E-state index in [0.717, 1.165) is 0 Å². The number of rotatable bonds is 7. The maximum atomic E-state index is 12.7. The predicted molar refractivity (Wildman–Crippen MR) is 80.7 cm³/mol. The largest absolute Gasteiger partial charge is 0.387 e. The molecule has 0 saturated heterocycles. The third kappa shape index (κ3) is 4.16. The molecule has 116 valence electrons. The van der Waals surface area contributed by atoms with Crippen LogP contribution in [-0.4, -0.2) is 49.1 Å². The minimum Gasteiger partial charge on any atom is -0.387 e. The van der Waals surface area contributed by atoms with Gasteiger partial charge in [0.25, 0.3) is 11.6 Å². The Morgan fingerprint density at radius 3 is 2.62 bits per heavy atom. The summed E-state index contributed by atoms with van der Waals surface area (Å²) < 4.78 is 5.01. The first-order valence-corrected chi connectivity index (χ1v) is 6.68. The van der Waals surface area contributed by atoms with Gasteiger partial charge in [0.15, 0.2) is 0 Å². The zero-order valence-corrected chi connectivity index (χ0v) is 12.8. The van der Waals surface area contributed by atoms with E-state index in [1.54, 1.807) is 25.1 Å². The first kappa shape index (κ1) is 16.9. The molecule has 1 amide bonds. The number of hydrogen-bond donors (Lipinski definition) is 1. The van der Waals surface area contributed by atoms with Gasteiger partial charge in [0.1, 0.15) is 0 Å². The number of nitro benzene ring substituents is 1. The molecule has 0 fully saturated rings. The maximum absolute atomic E-state index is 12.7. The highest BCUT2D eigenvalue weighted by Crippen LogP contribution is 2.24. The Hall–Kier alpha value is -2.15. The molecule has 1 aromatic carbocycles. The standard InChI is InChI=1S/C14H21N3O4/c1-10(2)16(7-8-21-4)14(18)12-9-11(17(19)20)5-6-13(12)15-3/h5-6,9-10,15H,7-8H2,1-4H3. The van der Waals surface area contributed by atoms with E-state index in [9.17, 15) is 14.9 Å². The molecule has 0 spiro atoms. The van der Waals surface area contributed by atoms with Crippen LogP contribution in [0.2, 0.25) is 0 Å². The van der Waals surface area contributed by atoms with E-state index >= 15 is 0 Å². The quantitative estimate of drug-likeness (QED) is 0.615. The van der Waals surface area contributed by atoms with Gasteiger partial charge in [0.05, 0.1) is 17.1 Å². The van der Waals surface area contributed by atoms with Crippen molar-refractivity contribution in [1.29, 1.82) is 0 Å². The molecule has 0 saturated carbocycles. The number of carbonyl (C=O) groups excluding carboxylic acids is 1. The average Bonchev–Trinajstić information content (AvgIpc) is 2.46. The van der Waals surface area contributed by atoms with Gasteiger partial charge in [-0.3, -0.25) is 14.9 Å². The highest BCUT2D eigenvalue weighted by atomic mass is 16.6. The molecule has 7 heteroatoms. The van der Waals surface area contributed by atoms with Crippen molar-refractivity contribution in [3.05, 3.63) is 33.9 Å². The lowest BCUT2D eigenvalue weighted by molar-refractivity contribution is -0.384. The van der Waals surface area contributed by atoms with E-state index < -0.39 is 4.92 Å². The monoisotopic (exact) mass is 295 g/mol. The lowest BCUT2D eigenvalue weighted by atomic mass is 10.1. The van der Waals surface area contributed by atoms with E-state index in [-0.39, 0.29) is 23.2 Å². The van der Waals surface area contributed by atoms with Crippen molar-refractivity contribution in [2.24, 2.45) is 0 Å². The molecule has 1 aromatic rings. The molecule has 1 rings (SSSR count). The first-order chi connectivity index (χ1) is 9.92. The van der Waals surface area contributed by atoms with E-state index in [1.807, 2.05) is 13.8 Å². The molecule has 0 aromatic heterocycles. The summed E-state index contributed by atoms with van der Waals surface area (Å²) >= 11 is 0. The van der Waals surface area contributed by atoms with Gasteiger partial charge in [-0.1, -0.05) is 0 Å². The lowest BCUT2D eigenvalue weighted by Gasteiger charge is -2.27. The number of nitro groups is 1.